The average Bonchev–Trinajstić information content (AvgIpc) is 2.92. The van der Waals surface area contributed by atoms with E-state index < -0.39 is 0 Å². The lowest BCUT2D eigenvalue weighted by atomic mass is 9.68. The molecule has 4 heteroatoms. The van der Waals surface area contributed by atoms with Crippen molar-refractivity contribution < 1.29 is 0 Å². The number of hydrogen-bond acceptors (Lipinski definition) is 3. The molecule has 1 unspecified atom stereocenters. The van der Waals surface area contributed by atoms with Crippen molar-refractivity contribution in [1.82, 2.24) is 15.2 Å². The van der Waals surface area contributed by atoms with Gasteiger partial charge in [-0.25, -0.2) is 0 Å². The molecule has 0 saturated heterocycles. The van der Waals surface area contributed by atoms with E-state index in [-0.39, 0.29) is 11.5 Å². The Bertz CT molecular complexity index is 528. The Balaban J connectivity index is 2.50. The summed E-state index contributed by atoms with van der Waals surface area (Å²) >= 11 is 0. The minimum Gasteiger partial charge on any atom is -0.275 e. The van der Waals surface area contributed by atoms with Crippen LogP contribution in [0.25, 0.3) is 0 Å². The van der Waals surface area contributed by atoms with Crippen molar-refractivity contribution in [2.75, 3.05) is 0 Å². The first-order valence-corrected chi connectivity index (χ1v) is 7.18. The molecule has 0 spiro atoms. The van der Waals surface area contributed by atoms with Crippen molar-refractivity contribution in [2.45, 2.75) is 38.1 Å². The van der Waals surface area contributed by atoms with Crippen molar-refractivity contribution in [3.8, 4) is 0 Å². The predicted molar refractivity (Wildman–Crippen MR) is 82.0 cm³/mol. The standard InChI is InChI=1S/C16H24N4/c1-4-16(5-2,14-9-7-6-8-10-14)15(19-17)13-11-18-20(3)12-13/h6-12,15,19H,4-5,17H2,1-3H3. The molecule has 1 atom stereocenters. The molecular formula is C16H24N4. The van der Waals surface area contributed by atoms with Crippen molar-refractivity contribution in [3.63, 3.8) is 0 Å². The van der Waals surface area contributed by atoms with Gasteiger partial charge in [0.2, 0.25) is 0 Å². The highest BCUT2D eigenvalue weighted by atomic mass is 15.3. The third kappa shape index (κ3) is 2.49. The fourth-order valence-corrected chi connectivity index (χ4v) is 3.17. The van der Waals surface area contributed by atoms with E-state index >= 15 is 0 Å². The number of nitrogens with two attached hydrogens (primary N) is 1. The van der Waals surface area contributed by atoms with Gasteiger partial charge >= 0.3 is 0 Å². The molecule has 20 heavy (non-hydrogen) atoms. The molecule has 2 rings (SSSR count). The maximum absolute atomic E-state index is 5.90. The van der Waals surface area contributed by atoms with Crippen molar-refractivity contribution >= 4 is 0 Å². The van der Waals surface area contributed by atoms with Gasteiger partial charge < -0.3 is 0 Å². The molecule has 0 fully saturated rings. The zero-order chi connectivity index (χ0) is 14.6. The summed E-state index contributed by atoms with van der Waals surface area (Å²) in [4.78, 5) is 0. The van der Waals surface area contributed by atoms with Gasteiger partial charge in [0.05, 0.1) is 12.2 Å². The molecule has 2 aromatic rings. The first kappa shape index (κ1) is 14.8. The summed E-state index contributed by atoms with van der Waals surface area (Å²) in [5.41, 5.74) is 5.43. The maximum atomic E-state index is 5.90. The van der Waals surface area contributed by atoms with Crippen LogP contribution >= 0.6 is 0 Å². The summed E-state index contributed by atoms with van der Waals surface area (Å²) in [6.07, 6.45) is 5.95. The number of benzene rings is 1. The SMILES string of the molecule is CCC(CC)(c1ccccc1)C(NN)c1cnn(C)c1. The number of aromatic nitrogens is 2. The Morgan fingerprint density at radius 2 is 1.90 bits per heavy atom. The molecule has 4 nitrogen and oxygen atoms in total. The van der Waals surface area contributed by atoms with Crippen LogP contribution in [0.15, 0.2) is 42.7 Å². The third-order valence-electron chi connectivity index (χ3n) is 4.39. The van der Waals surface area contributed by atoms with Crippen LogP contribution in [0.3, 0.4) is 0 Å². The fourth-order valence-electron chi connectivity index (χ4n) is 3.17. The van der Waals surface area contributed by atoms with Gasteiger partial charge in [0.1, 0.15) is 0 Å². The molecule has 108 valence electrons. The highest BCUT2D eigenvalue weighted by Crippen LogP contribution is 2.42. The minimum absolute atomic E-state index is 0.0287. The van der Waals surface area contributed by atoms with E-state index in [1.807, 2.05) is 24.1 Å². The highest BCUT2D eigenvalue weighted by molar-refractivity contribution is 5.31. The lowest BCUT2D eigenvalue weighted by molar-refractivity contribution is 0.276. The molecule has 0 aliphatic heterocycles. The summed E-state index contributed by atoms with van der Waals surface area (Å²) in [5.74, 6) is 5.90. The molecule has 3 N–H and O–H groups in total. The van der Waals surface area contributed by atoms with Gasteiger partial charge in [0, 0.05) is 24.2 Å². The second-order valence-electron chi connectivity index (χ2n) is 5.28. The van der Waals surface area contributed by atoms with Crippen LogP contribution in [0.1, 0.15) is 43.9 Å². The number of hydrazine groups is 1. The number of hydrogen-bond donors (Lipinski definition) is 2. The van der Waals surface area contributed by atoms with Gasteiger partial charge in [-0.05, 0) is 18.4 Å². The lowest BCUT2D eigenvalue weighted by Crippen LogP contribution is -2.44. The molecule has 1 aromatic heterocycles. The molecule has 0 aliphatic carbocycles. The first-order chi connectivity index (χ1) is 9.67. The van der Waals surface area contributed by atoms with E-state index in [1.54, 1.807) is 0 Å². The van der Waals surface area contributed by atoms with Crippen LogP contribution in [-0.4, -0.2) is 9.78 Å². The van der Waals surface area contributed by atoms with Crippen LogP contribution in [0.2, 0.25) is 0 Å². The van der Waals surface area contributed by atoms with E-state index in [0.29, 0.717) is 0 Å². The zero-order valence-electron chi connectivity index (χ0n) is 12.5. The monoisotopic (exact) mass is 272 g/mol. The second kappa shape index (κ2) is 6.20. The van der Waals surface area contributed by atoms with Crippen molar-refractivity contribution in [1.29, 1.82) is 0 Å². The van der Waals surface area contributed by atoms with Crippen LogP contribution in [0, 0.1) is 0 Å². The lowest BCUT2D eigenvalue weighted by Gasteiger charge is -2.39. The smallest absolute Gasteiger partial charge is 0.0587 e. The molecule has 1 heterocycles. The summed E-state index contributed by atoms with van der Waals surface area (Å²) in [6.45, 7) is 4.44. The molecular weight excluding hydrogens is 248 g/mol. The van der Waals surface area contributed by atoms with E-state index in [9.17, 15) is 0 Å². The van der Waals surface area contributed by atoms with Gasteiger partial charge in [0.15, 0.2) is 0 Å². The number of aryl methyl sites for hydroxylation is 1. The Kier molecular flexibility index (Phi) is 4.57. The highest BCUT2D eigenvalue weighted by Gasteiger charge is 2.38. The molecule has 0 saturated carbocycles. The maximum Gasteiger partial charge on any atom is 0.0587 e. The van der Waals surface area contributed by atoms with E-state index in [4.69, 9.17) is 5.84 Å². The summed E-state index contributed by atoms with van der Waals surface area (Å²) in [5, 5.41) is 4.28. The van der Waals surface area contributed by atoms with Crippen molar-refractivity contribution in [3.05, 3.63) is 53.9 Å². The van der Waals surface area contributed by atoms with E-state index in [2.05, 4.69) is 54.7 Å². The molecule has 1 aromatic carbocycles. The molecule has 0 amide bonds. The van der Waals surface area contributed by atoms with Crippen molar-refractivity contribution in [2.24, 2.45) is 12.9 Å². The molecule has 0 aliphatic rings. The second-order valence-corrected chi connectivity index (χ2v) is 5.28. The fraction of sp³-hybridized carbons (Fsp3) is 0.438. The van der Waals surface area contributed by atoms with E-state index in [1.165, 1.54) is 5.56 Å². The number of nitrogens with zero attached hydrogens (tertiary/aromatic N) is 2. The van der Waals surface area contributed by atoms with Crippen LogP contribution in [0.5, 0.6) is 0 Å². The Hall–Kier alpha value is -1.65. The van der Waals surface area contributed by atoms with Crippen LogP contribution in [0.4, 0.5) is 0 Å². The van der Waals surface area contributed by atoms with Gasteiger partial charge in [-0.3, -0.25) is 16.0 Å². The first-order valence-electron chi connectivity index (χ1n) is 7.18. The Morgan fingerprint density at radius 1 is 1.25 bits per heavy atom. The van der Waals surface area contributed by atoms with Crippen LogP contribution in [-0.2, 0) is 12.5 Å². The average molecular weight is 272 g/mol. The van der Waals surface area contributed by atoms with Gasteiger partial charge in [-0.2, -0.15) is 5.10 Å². The Labute approximate surface area is 121 Å². The van der Waals surface area contributed by atoms with Crippen LogP contribution < -0.4 is 11.3 Å². The molecule has 0 radical (unpaired) electrons. The minimum atomic E-state index is -0.0287. The quantitative estimate of drug-likeness (QED) is 0.628. The zero-order valence-corrected chi connectivity index (χ0v) is 12.5. The number of rotatable bonds is 6. The van der Waals surface area contributed by atoms with Gasteiger partial charge in [-0.15, -0.1) is 0 Å². The summed E-state index contributed by atoms with van der Waals surface area (Å²) in [7, 11) is 1.93. The predicted octanol–water partition coefficient (Wildman–Crippen LogP) is 2.68. The van der Waals surface area contributed by atoms with Gasteiger partial charge in [0.25, 0.3) is 0 Å². The normalized spacial score (nSPS) is 13.4. The number of nitrogens with one attached hydrogen (secondary N) is 1. The molecule has 0 bridgehead atoms. The summed E-state index contributed by atoms with van der Waals surface area (Å²) in [6, 6.07) is 10.7. The summed E-state index contributed by atoms with van der Waals surface area (Å²) < 4.78 is 1.82. The van der Waals surface area contributed by atoms with Gasteiger partial charge in [-0.1, -0.05) is 44.2 Å². The topological polar surface area (TPSA) is 55.9 Å². The Morgan fingerprint density at radius 3 is 2.35 bits per heavy atom. The largest absolute Gasteiger partial charge is 0.275 e. The van der Waals surface area contributed by atoms with E-state index in [0.717, 1.165) is 18.4 Å². The third-order valence-corrected chi connectivity index (χ3v) is 4.39.